The summed E-state index contributed by atoms with van der Waals surface area (Å²) in [5.41, 5.74) is -2.51. The minimum Gasteiger partial charge on any atom is -0.291 e. The number of carbonyl (C=O) groups excluding carboxylic acids is 1. The van der Waals surface area contributed by atoms with Crippen molar-refractivity contribution in [2.24, 2.45) is 0 Å². The Labute approximate surface area is 197 Å². The summed E-state index contributed by atoms with van der Waals surface area (Å²) in [5, 5.41) is 0. The van der Waals surface area contributed by atoms with Crippen molar-refractivity contribution in [2.75, 3.05) is 0 Å². The van der Waals surface area contributed by atoms with E-state index in [0.717, 1.165) is 5.56 Å². The molecule has 0 bridgehead atoms. The van der Waals surface area contributed by atoms with Gasteiger partial charge in [0.25, 0.3) is 10.1 Å². The van der Waals surface area contributed by atoms with Gasteiger partial charge in [-0.3, -0.25) is 8.98 Å². The molecular weight excluding hydrogens is 498 g/mol. The van der Waals surface area contributed by atoms with Crippen molar-refractivity contribution in [1.82, 2.24) is 0 Å². The van der Waals surface area contributed by atoms with Gasteiger partial charge < -0.3 is 0 Å². The van der Waals surface area contributed by atoms with E-state index in [1.807, 2.05) is 0 Å². The van der Waals surface area contributed by atoms with Crippen molar-refractivity contribution in [2.45, 2.75) is 37.2 Å². The molecule has 3 aromatic carbocycles. The molecule has 0 saturated heterocycles. The van der Waals surface area contributed by atoms with E-state index in [2.05, 4.69) is 0 Å². The lowest BCUT2D eigenvalue weighted by Crippen LogP contribution is -2.24. The number of Topliss-reactive ketones (excluding diaryl/α,β-unsaturated/α-hetero) is 1. The minimum atomic E-state index is -5.00. The van der Waals surface area contributed by atoms with Crippen molar-refractivity contribution >= 4 is 15.9 Å². The number of rotatable bonds is 6. The monoisotopic (exact) mass is 516 g/mol. The van der Waals surface area contributed by atoms with Crippen molar-refractivity contribution in [3.63, 3.8) is 0 Å². The van der Waals surface area contributed by atoms with Crippen LogP contribution in [-0.4, -0.2) is 20.3 Å². The van der Waals surface area contributed by atoms with Gasteiger partial charge in [0.2, 0.25) is 0 Å². The van der Waals surface area contributed by atoms with Crippen LogP contribution in [0, 0.1) is 6.92 Å². The van der Waals surface area contributed by atoms with Gasteiger partial charge in [0.1, 0.15) is 6.10 Å². The summed E-state index contributed by atoms with van der Waals surface area (Å²) in [6, 6.07) is 11.6. The third-order valence-corrected chi connectivity index (χ3v) is 6.43. The van der Waals surface area contributed by atoms with Gasteiger partial charge in [0, 0.05) is 5.56 Å². The zero-order valence-electron chi connectivity index (χ0n) is 18.2. The summed E-state index contributed by atoms with van der Waals surface area (Å²) < 4.78 is 108. The summed E-state index contributed by atoms with van der Waals surface area (Å²) in [4.78, 5) is 12.5. The van der Waals surface area contributed by atoms with Crippen LogP contribution in [-0.2, 0) is 26.7 Å². The van der Waals surface area contributed by atoms with Gasteiger partial charge in [-0.15, -0.1) is 0 Å². The third-order valence-electron chi connectivity index (χ3n) is 5.04. The SMILES string of the molecule is Cc1ccc(S(=O)(=O)O[C@H](C)C(=O)c2ccc(-c3cc(C(F)(F)F)cc(C(F)(F)F)c3)cc2)cc1. The van der Waals surface area contributed by atoms with E-state index >= 15 is 0 Å². The lowest BCUT2D eigenvalue weighted by Gasteiger charge is -2.15. The number of hydrogen-bond donors (Lipinski definition) is 0. The summed E-state index contributed by atoms with van der Waals surface area (Å²) in [7, 11) is -4.25. The molecule has 3 rings (SSSR count). The number of carbonyl (C=O) groups is 1. The molecule has 35 heavy (non-hydrogen) atoms. The molecule has 186 valence electrons. The fraction of sp³-hybridized carbons (Fsp3) is 0.208. The fourth-order valence-corrected chi connectivity index (χ4v) is 4.23. The highest BCUT2D eigenvalue weighted by Crippen LogP contribution is 2.38. The number of halogens is 6. The van der Waals surface area contributed by atoms with Crippen LogP contribution in [0.2, 0.25) is 0 Å². The quantitative estimate of drug-likeness (QED) is 0.208. The maximum Gasteiger partial charge on any atom is 0.416 e. The first-order chi connectivity index (χ1) is 16.1. The molecular formula is C24H18F6O4S. The molecule has 11 heteroatoms. The van der Waals surface area contributed by atoms with Crippen LogP contribution in [0.4, 0.5) is 26.3 Å². The summed E-state index contributed by atoms with van der Waals surface area (Å²) in [5.74, 6) is -0.743. The summed E-state index contributed by atoms with van der Waals surface area (Å²) in [6.45, 7) is 2.97. The Morgan fingerprint density at radius 3 is 1.71 bits per heavy atom. The zero-order valence-corrected chi connectivity index (χ0v) is 19.1. The smallest absolute Gasteiger partial charge is 0.291 e. The number of ketones is 1. The highest BCUT2D eigenvalue weighted by atomic mass is 32.2. The van der Waals surface area contributed by atoms with Crippen LogP contribution in [0.1, 0.15) is 34.0 Å². The van der Waals surface area contributed by atoms with Crippen LogP contribution in [0.25, 0.3) is 11.1 Å². The molecule has 3 aromatic rings. The van der Waals surface area contributed by atoms with Crippen molar-refractivity contribution in [3.05, 3.63) is 89.0 Å². The first kappa shape index (κ1) is 26.4. The summed E-state index contributed by atoms with van der Waals surface area (Å²) >= 11 is 0. The van der Waals surface area contributed by atoms with Crippen LogP contribution in [0.15, 0.2) is 71.6 Å². The van der Waals surface area contributed by atoms with Crippen molar-refractivity contribution < 1.29 is 43.7 Å². The van der Waals surface area contributed by atoms with E-state index in [1.165, 1.54) is 43.3 Å². The van der Waals surface area contributed by atoms with Crippen LogP contribution < -0.4 is 0 Å². The largest absolute Gasteiger partial charge is 0.416 e. The first-order valence-corrected chi connectivity index (χ1v) is 11.4. The molecule has 4 nitrogen and oxygen atoms in total. The van der Waals surface area contributed by atoms with Crippen LogP contribution in [0.3, 0.4) is 0 Å². The Morgan fingerprint density at radius 1 is 0.771 bits per heavy atom. The zero-order chi connectivity index (χ0) is 26.2. The average molecular weight is 516 g/mol. The molecule has 0 aromatic heterocycles. The average Bonchev–Trinajstić information content (AvgIpc) is 2.77. The Morgan fingerprint density at radius 2 is 1.26 bits per heavy atom. The normalized spacial score (nSPS) is 13.5. The molecule has 0 saturated carbocycles. The number of alkyl halides is 6. The van der Waals surface area contributed by atoms with Gasteiger partial charge in [0.05, 0.1) is 16.0 Å². The second kappa shape index (κ2) is 9.46. The first-order valence-electron chi connectivity index (χ1n) is 10.0. The maximum absolute atomic E-state index is 13.1. The minimum absolute atomic E-state index is 0.000927. The molecule has 0 fully saturated rings. The van der Waals surface area contributed by atoms with E-state index in [-0.39, 0.29) is 27.7 Å². The highest BCUT2D eigenvalue weighted by Gasteiger charge is 2.37. The standard InChI is InChI=1S/C24H18F6O4S/c1-14-3-9-21(10-4-14)35(32,33)34-15(2)22(31)17-7-5-16(6-8-17)18-11-19(23(25,26)27)13-20(12-18)24(28,29)30/h3-13,15H,1-2H3/t15-/m1/s1. The number of hydrogen-bond acceptors (Lipinski definition) is 4. The predicted octanol–water partition coefficient (Wildman–Crippen LogP) is 6.68. The molecule has 1 atom stereocenters. The van der Waals surface area contributed by atoms with Gasteiger partial charge in [-0.2, -0.15) is 34.8 Å². The second-order valence-electron chi connectivity index (χ2n) is 7.74. The van der Waals surface area contributed by atoms with E-state index in [0.29, 0.717) is 12.1 Å². The van der Waals surface area contributed by atoms with E-state index in [1.54, 1.807) is 19.1 Å². The number of benzene rings is 3. The second-order valence-corrected chi connectivity index (χ2v) is 9.31. The Balaban J connectivity index is 1.86. The maximum atomic E-state index is 13.1. The van der Waals surface area contributed by atoms with E-state index < -0.39 is 45.5 Å². The molecule has 0 N–H and O–H groups in total. The van der Waals surface area contributed by atoms with Crippen LogP contribution >= 0.6 is 0 Å². The molecule has 0 heterocycles. The molecule has 0 amide bonds. The van der Waals surface area contributed by atoms with Gasteiger partial charge in [-0.05, 0) is 55.3 Å². The molecule has 0 aliphatic rings. The third kappa shape index (κ3) is 6.29. The van der Waals surface area contributed by atoms with Gasteiger partial charge in [-0.25, -0.2) is 0 Å². The van der Waals surface area contributed by atoms with Gasteiger partial charge in [0.15, 0.2) is 5.78 Å². The molecule has 0 unspecified atom stereocenters. The molecule has 0 spiro atoms. The van der Waals surface area contributed by atoms with Gasteiger partial charge in [-0.1, -0.05) is 42.0 Å². The van der Waals surface area contributed by atoms with E-state index in [4.69, 9.17) is 4.18 Å². The predicted molar refractivity (Wildman–Crippen MR) is 115 cm³/mol. The van der Waals surface area contributed by atoms with E-state index in [9.17, 15) is 39.6 Å². The fourth-order valence-electron chi connectivity index (χ4n) is 3.18. The number of aryl methyl sites for hydroxylation is 1. The lowest BCUT2D eigenvalue weighted by molar-refractivity contribution is -0.143. The summed E-state index contributed by atoms with van der Waals surface area (Å²) in [6.07, 6.45) is -11.4. The Kier molecular flexibility index (Phi) is 7.14. The van der Waals surface area contributed by atoms with Crippen LogP contribution in [0.5, 0.6) is 0 Å². The van der Waals surface area contributed by atoms with Crippen molar-refractivity contribution in [1.29, 1.82) is 0 Å². The molecule has 0 aliphatic heterocycles. The van der Waals surface area contributed by atoms with Crippen molar-refractivity contribution in [3.8, 4) is 11.1 Å². The van der Waals surface area contributed by atoms with Gasteiger partial charge >= 0.3 is 12.4 Å². The lowest BCUT2D eigenvalue weighted by atomic mass is 9.97. The Hall–Kier alpha value is -3.18. The molecule has 0 aliphatic carbocycles. The molecule has 0 radical (unpaired) electrons. The Bertz CT molecular complexity index is 1290. The topological polar surface area (TPSA) is 60.4 Å². The highest BCUT2D eigenvalue weighted by molar-refractivity contribution is 7.86.